The Morgan fingerprint density at radius 2 is 2.29 bits per heavy atom. The molecule has 1 aliphatic heterocycles. The fraction of sp³-hybridized carbons (Fsp3) is 0.500. The van der Waals surface area contributed by atoms with Crippen molar-refractivity contribution < 1.29 is 13.2 Å². The number of thiocarbonyl (C=S) groups is 1. The maximum absolute atomic E-state index is 12.2. The molecule has 3 N–H and O–H groups in total. The van der Waals surface area contributed by atoms with Crippen molar-refractivity contribution in [2.75, 3.05) is 19.8 Å². The van der Waals surface area contributed by atoms with Crippen LogP contribution in [0.4, 0.5) is 0 Å². The second-order valence-corrected chi connectivity index (χ2v) is 7.46. The minimum Gasteiger partial charge on any atom is -0.389 e. The van der Waals surface area contributed by atoms with Gasteiger partial charge in [0.1, 0.15) is 4.99 Å². The molecule has 0 radical (unpaired) electrons. The first-order valence-electron chi connectivity index (χ1n) is 6.88. The topological polar surface area (TPSA) is 81.4 Å². The Kier molecular flexibility index (Phi) is 5.32. The zero-order valence-corrected chi connectivity index (χ0v) is 13.6. The zero-order valence-electron chi connectivity index (χ0n) is 12.0. The molecule has 1 saturated heterocycles. The van der Waals surface area contributed by atoms with Crippen LogP contribution in [0, 0.1) is 12.8 Å². The van der Waals surface area contributed by atoms with Crippen LogP contribution >= 0.6 is 12.2 Å². The summed E-state index contributed by atoms with van der Waals surface area (Å²) < 4.78 is 32.4. The van der Waals surface area contributed by atoms with Gasteiger partial charge in [-0.25, -0.2) is 13.1 Å². The summed E-state index contributed by atoms with van der Waals surface area (Å²) in [6, 6.07) is 4.77. The molecule has 0 aromatic heterocycles. The van der Waals surface area contributed by atoms with E-state index in [9.17, 15) is 8.42 Å². The predicted molar refractivity (Wildman–Crippen MR) is 85.8 cm³/mol. The number of rotatable bonds is 6. The molecule has 0 bridgehead atoms. The monoisotopic (exact) mass is 328 g/mol. The third-order valence-corrected chi connectivity index (χ3v) is 5.32. The van der Waals surface area contributed by atoms with Gasteiger partial charge < -0.3 is 10.5 Å². The number of nitrogens with two attached hydrogens (primary N) is 1. The summed E-state index contributed by atoms with van der Waals surface area (Å²) in [5.41, 5.74) is 7.04. The van der Waals surface area contributed by atoms with Crippen molar-refractivity contribution in [3.8, 4) is 0 Å². The first-order chi connectivity index (χ1) is 9.90. The molecular formula is C14H20N2O3S2. The van der Waals surface area contributed by atoms with Gasteiger partial charge in [-0.1, -0.05) is 18.3 Å². The van der Waals surface area contributed by atoms with Gasteiger partial charge in [0.15, 0.2) is 0 Å². The van der Waals surface area contributed by atoms with E-state index >= 15 is 0 Å². The number of sulfonamides is 1. The quantitative estimate of drug-likeness (QED) is 0.770. The fourth-order valence-electron chi connectivity index (χ4n) is 2.37. The molecule has 2 rings (SSSR count). The third-order valence-electron chi connectivity index (χ3n) is 3.64. The molecule has 1 heterocycles. The van der Waals surface area contributed by atoms with Crippen molar-refractivity contribution in [1.29, 1.82) is 0 Å². The molecule has 1 aromatic carbocycles. The van der Waals surface area contributed by atoms with Crippen molar-refractivity contribution in [3.63, 3.8) is 0 Å². The van der Waals surface area contributed by atoms with Crippen LogP contribution in [0.3, 0.4) is 0 Å². The number of nitrogens with one attached hydrogen (secondary N) is 1. The second-order valence-electron chi connectivity index (χ2n) is 5.26. The van der Waals surface area contributed by atoms with E-state index in [0.29, 0.717) is 18.0 Å². The largest absolute Gasteiger partial charge is 0.389 e. The van der Waals surface area contributed by atoms with Crippen LogP contribution in [0.25, 0.3) is 0 Å². The lowest BCUT2D eigenvalue weighted by molar-refractivity contribution is 0.184. The van der Waals surface area contributed by atoms with Crippen molar-refractivity contribution in [2.24, 2.45) is 11.7 Å². The van der Waals surface area contributed by atoms with Gasteiger partial charge in [-0.3, -0.25) is 0 Å². The molecule has 1 fully saturated rings. The second kappa shape index (κ2) is 6.83. The SMILES string of the molecule is Cc1cc(S(=O)(=O)NCCC2CCOC2)ccc1C(N)=S. The summed E-state index contributed by atoms with van der Waals surface area (Å²) in [6.07, 6.45) is 1.80. The Morgan fingerprint density at radius 1 is 1.52 bits per heavy atom. The van der Waals surface area contributed by atoms with Crippen LogP contribution in [-0.2, 0) is 14.8 Å². The first-order valence-corrected chi connectivity index (χ1v) is 8.77. The van der Waals surface area contributed by atoms with Gasteiger partial charge >= 0.3 is 0 Å². The number of hydrogen-bond acceptors (Lipinski definition) is 4. The standard InChI is InChI=1S/C14H20N2O3S2/c1-10-8-12(2-3-13(10)14(15)20)21(17,18)16-6-4-11-5-7-19-9-11/h2-3,8,11,16H,4-7,9H2,1H3,(H2,15,20). The summed E-state index contributed by atoms with van der Waals surface area (Å²) in [4.78, 5) is 0.508. The zero-order chi connectivity index (χ0) is 15.5. The maximum Gasteiger partial charge on any atom is 0.240 e. The molecule has 1 aliphatic rings. The summed E-state index contributed by atoms with van der Waals surface area (Å²) >= 11 is 4.92. The minimum atomic E-state index is -3.49. The van der Waals surface area contributed by atoms with Crippen LogP contribution in [0.2, 0.25) is 0 Å². The molecular weight excluding hydrogens is 308 g/mol. The van der Waals surface area contributed by atoms with Crippen LogP contribution in [0.1, 0.15) is 24.0 Å². The van der Waals surface area contributed by atoms with Gasteiger partial charge in [0.05, 0.1) is 4.90 Å². The molecule has 1 atom stereocenters. The lowest BCUT2D eigenvalue weighted by atomic mass is 10.1. The predicted octanol–water partition coefficient (Wildman–Crippen LogP) is 1.33. The fourth-order valence-corrected chi connectivity index (χ4v) is 3.73. The Bertz CT molecular complexity index is 623. The third kappa shape index (κ3) is 4.23. The summed E-state index contributed by atoms with van der Waals surface area (Å²) in [5.74, 6) is 0.450. The summed E-state index contributed by atoms with van der Waals surface area (Å²) in [5, 5.41) is 0. The van der Waals surface area contributed by atoms with E-state index in [1.807, 2.05) is 0 Å². The Labute approximate surface area is 130 Å². The highest BCUT2D eigenvalue weighted by atomic mass is 32.2. The molecule has 1 unspecified atom stereocenters. The number of hydrogen-bond donors (Lipinski definition) is 2. The highest BCUT2D eigenvalue weighted by Crippen LogP contribution is 2.17. The molecule has 0 aliphatic carbocycles. The van der Waals surface area contributed by atoms with Gasteiger partial charge in [0, 0.05) is 25.3 Å². The average molecular weight is 328 g/mol. The Morgan fingerprint density at radius 3 is 2.86 bits per heavy atom. The lowest BCUT2D eigenvalue weighted by Crippen LogP contribution is -2.26. The van der Waals surface area contributed by atoms with Crippen molar-refractivity contribution in [1.82, 2.24) is 4.72 Å². The Hall–Kier alpha value is -1.02. The molecule has 116 valence electrons. The van der Waals surface area contributed by atoms with E-state index in [1.165, 1.54) is 6.07 Å². The highest BCUT2D eigenvalue weighted by molar-refractivity contribution is 7.89. The van der Waals surface area contributed by atoms with E-state index in [4.69, 9.17) is 22.7 Å². The van der Waals surface area contributed by atoms with Gasteiger partial charge in [0.2, 0.25) is 10.0 Å². The lowest BCUT2D eigenvalue weighted by Gasteiger charge is -2.11. The van der Waals surface area contributed by atoms with Crippen molar-refractivity contribution in [2.45, 2.75) is 24.7 Å². The maximum atomic E-state index is 12.2. The van der Waals surface area contributed by atoms with E-state index in [-0.39, 0.29) is 9.88 Å². The van der Waals surface area contributed by atoms with E-state index < -0.39 is 10.0 Å². The van der Waals surface area contributed by atoms with Gasteiger partial charge in [0.25, 0.3) is 0 Å². The van der Waals surface area contributed by atoms with Crippen LogP contribution in [-0.4, -0.2) is 33.2 Å². The molecule has 0 amide bonds. The molecule has 5 nitrogen and oxygen atoms in total. The van der Waals surface area contributed by atoms with Gasteiger partial charge in [-0.05, 0) is 43.4 Å². The highest BCUT2D eigenvalue weighted by Gasteiger charge is 2.18. The van der Waals surface area contributed by atoms with E-state index in [0.717, 1.165) is 31.6 Å². The average Bonchev–Trinajstić information content (AvgIpc) is 2.91. The summed E-state index contributed by atoms with van der Waals surface area (Å²) in [6.45, 7) is 3.72. The van der Waals surface area contributed by atoms with Gasteiger partial charge in [-0.2, -0.15) is 0 Å². The number of ether oxygens (including phenoxy) is 1. The molecule has 7 heteroatoms. The van der Waals surface area contributed by atoms with E-state index in [1.54, 1.807) is 19.1 Å². The van der Waals surface area contributed by atoms with Crippen LogP contribution in [0.15, 0.2) is 23.1 Å². The molecule has 1 aromatic rings. The van der Waals surface area contributed by atoms with E-state index in [2.05, 4.69) is 4.72 Å². The van der Waals surface area contributed by atoms with Crippen molar-refractivity contribution in [3.05, 3.63) is 29.3 Å². The number of aryl methyl sites for hydroxylation is 1. The molecule has 0 spiro atoms. The Balaban J connectivity index is 2.01. The van der Waals surface area contributed by atoms with Crippen LogP contribution in [0.5, 0.6) is 0 Å². The minimum absolute atomic E-state index is 0.239. The van der Waals surface area contributed by atoms with Crippen molar-refractivity contribution >= 4 is 27.2 Å². The van der Waals surface area contributed by atoms with Crippen LogP contribution < -0.4 is 10.5 Å². The number of benzene rings is 1. The molecule has 0 saturated carbocycles. The smallest absolute Gasteiger partial charge is 0.240 e. The van der Waals surface area contributed by atoms with Gasteiger partial charge in [-0.15, -0.1) is 0 Å². The normalized spacial score (nSPS) is 18.8. The first kappa shape index (κ1) is 16.4. The molecule has 21 heavy (non-hydrogen) atoms. The summed E-state index contributed by atoms with van der Waals surface area (Å²) in [7, 11) is -3.49.